The van der Waals surface area contributed by atoms with Gasteiger partial charge in [-0.3, -0.25) is 4.79 Å². The molecule has 4 rings (SSSR count). The van der Waals surface area contributed by atoms with E-state index in [-0.39, 0.29) is 6.04 Å². The van der Waals surface area contributed by atoms with E-state index in [0.717, 1.165) is 30.6 Å². The Bertz CT molecular complexity index is 1080. The molecule has 0 saturated carbocycles. The molecule has 1 aromatic heterocycles. The Balaban J connectivity index is 1.72. The summed E-state index contributed by atoms with van der Waals surface area (Å²) in [5.41, 5.74) is 8.23. The topological polar surface area (TPSA) is 118 Å². The monoisotopic (exact) mass is 423 g/mol. The number of aromatic nitrogens is 3. The molecular weight excluding hydrogens is 402 g/mol. The predicted octanol–water partition coefficient (Wildman–Crippen LogP) is 3.12. The Kier molecular flexibility index (Phi) is 5.78. The summed E-state index contributed by atoms with van der Waals surface area (Å²) in [7, 11) is 0. The summed E-state index contributed by atoms with van der Waals surface area (Å²) in [5.74, 6) is 0.828. The van der Waals surface area contributed by atoms with Crippen molar-refractivity contribution in [3.8, 4) is 11.4 Å². The number of hydrogen-bond donors (Lipinski definition) is 4. The summed E-state index contributed by atoms with van der Waals surface area (Å²) in [4.78, 5) is 25.2. The first-order valence-corrected chi connectivity index (χ1v) is 10.0. The third kappa shape index (κ3) is 4.67. The molecule has 3 aromatic rings. The van der Waals surface area contributed by atoms with Crippen LogP contribution in [0.15, 0.2) is 42.5 Å². The van der Waals surface area contributed by atoms with Crippen LogP contribution in [0, 0.1) is 6.92 Å². The van der Waals surface area contributed by atoms with Crippen molar-refractivity contribution in [1.82, 2.24) is 20.3 Å². The summed E-state index contributed by atoms with van der Waals surface area (Å²) < 4.78 is 0. The normalized spacial score (nSPS) is 15.7. The molecule has 0 unspecified atom stereocenters. The van der Waals surface area contributed by atoms with Crippen molar-refractivity contribution in [2.24, 2.45) is 5.73 Å². The lowest BCUT2D eigenvalue weighted by Crippen LogP contribution is -2.24. The Morgan fingerprint density at radius 3 is 2.73 bits per heavy atom. The lowest BCUT2D eigenvalue weighted by atomic mass is 10.1. The van der Waals surface area contributed by atoms with Gasteiger partial charge in [0.1, 0.15) is 0 Å². The van der Waals surface area contributed by atoms with Crippen molar-refractivity contribution in [3.05, 3.63) is 58.6 Å². The van der Waals surface area contributed by atoms with Crippen LogP contribution in [0.25, 0.3) is 11.4 Å². The average molecular weight is 424 g/mol. The van der Waals surface area contributed by atoms with Gasteiger partial charge in [-0.15, -0.1) is 0 Å². The first kappa shape index (κ1) is 20.1. The van der Waals surface area contributed by atoms with Gasteiger partial charge in [0.05, 0.1) is 0 Å². The minimum atomic E-state index is -0.496. The van der Waals surface area contributed by atoms with Crippen molar-refractivity contribution in [3.63, 3.8) is 0 Å². The van der Waals surface area contributed by atoms with Gasteiger partial charge >= 0.3 is 0 Å². The highest BCUT2D eigenvalue weighted by molar-refractivity contribution is 6.30. The number of rotatable bonds is 6. The molecule has 0 bridgehead atoms. The fourth-order valence-electron chi connectivity index (χ4n) is 3.24. The third-order valence-electron chi connectivity index (χ3n) is 4.88. The van der Waals surface area contributed by atoms with Crippen molar-refractivity contribution in [2.45, 2.75) is 19.4 Å². The average Bonchev–Trinajstić information content (AvgIpc) is 3.22. The number of aryl methyl sites for hydroxylation is 1. The summed E-state index contributed by atoms with van der Waals surface area (Å²) in [6.07, 6.45) is 0.987. The van der Waals surface area contributed by atoms with Gasteiger partial charge in [-0.1, -0.05) is 29.8 Å². The van der Waals surface area contributed by atoms with E-state index in [4.69, 9.17) is 17.3 Å². The lowest BCUT2D eigenvalue weighted by molar-refractivity contribution is 0.100. The number of nitrogens with two attached hydrogens (primary N) is 1. The Morgan fingerprint density at radius 2 is 2.00 bits per heavy atom. The molecule has 2 heterocycles. The number of primary amides is 1. The number of amides is 1. The van der Waals surface area contributed by atoms with E-state index in [2.05, 4.69) is 30.9 Å². The standard InChI is InChI=1S/C21H22ClN7O/c1-12-5-6-13(18(23)30)10-17(12)26-21-28-19(14-3-2-4-15(22)9-14)27-20(29-21)25-16-7-8-24-11-16/h2-6,9-10,16,24H,7-8,11H2,1H3,(H2,23,30)(H2,25,26,27,28,29)/t16-/m1/s1. The van der Waals surface area contributed by atoms with E-state index in [1.165, 1.54) is 0 Å². The van der Waals surface area contributed by atoms with Crippen LogP contribution in [0.5, 0.6) is 0 Å². The molecule has 0 radical (unpaired) electrons. The second-order valence-electron chi connectivity index (χ2n) is 7.17. The highest BCUT2D eigenvalue weighted by atomic mass is 35.5. The number of nitrogens with zero attached hydrogens (tertiary/aromatic N) is 3. The van der Waals surface area contributed by atoms with Gasteiger partial charge in [-0.2, -0.15) is 15.0 Å². The quantitative estimate of drug-likeness (QED) is 0.481. The Labute approximate surface area is 179 Å². The molecule has 1 atom stereocenters. The predicted molar refractivity (Wildman–Crippen MR) is 118 cm³/mol. The van der Waals surface area contributed by atoms with Crippen molar-refractivity contribution in [2.75, 3.05) is 23.7 Å². The molecule has 1 amide bonds. The zero-order valence-corrected chi connectivity index (χ0v) is 17.2. The van der Waals surface area contributed by atoms with Crippen LogP contribution in [0.2, 0.25) is 5.02 Å². The first-order valence-electron chi connectivity index (χ1n) is 9.65. The minimum Gasteiger partial charge on any atom is -0.366 e. The van der Waals surface area contributed by atoms with E-state index in [1.807, 2.05) is 25.1 Å². The number of anilines is 3. The van der Waals surface area contributed by atoms with Crippen LogP contribution in [-0.2, 0) is 0 Å². The van der Waals surface area contributed by atoms with Crippen molar-refractivity contribution < 1.29 is 4.79 Å². The number of nitrogens with one attached hydrogen (secondary N) is 3. The molecule has 2 aromatic carbocycles. The summed E-state index contributed by atoms with van der Waals surface area (Å²) >= 11 is 6.15. The van der Waals surface area contributed by atoms with Gasteiger partial charge in [0.15, 0.2) is 5.82 Å². The first-order chi connectivity index (χ1) is 14.5. The molecule has 30 heavy (non-hydrogen) atoms. The molecule has 154 valence electrons. The number of carbonyl (C=O) groups is 1. The summed E-state index contributed by atoms with van der Waals surface area (Å²) in [6.45, 7) is 3.73. The van der Waals surface area contributed by atoms with Crippen molar-refractivity contribution in [1.29, 1.82) is 0 Å². The Hall–Kier alpha value is -3.23. The van der Waals surface area contributed by atoms with Gasteiger partial charge in [0.25, 0.3) is 0 Å². The maximum Gasteiger partial charge on any atom is 0.248 e. The van der Waals surface area contributed by atoms with Crippen LogP contribution >= 0.6 is 11.6 Å². The molecule has 0 spiro atoms. The van der Waals surface area contributed by atoms with Crippen LogP contribution in [0.1, 0.15) is 22.3 Å². The maximum absolute atomic E-state index is 11.6. The zero-order chi connectivity index (χ0) is 21.1. The Morgan fingerprint density at radius 1 is 1.17 bits per heavy atom. The molecule has 1 saturated heterocycles. The highest BCUT2D eigenvalue weighted by Crippen LogP contribution is 2.25. The van der Waals surface area contributed by atoms with Crippen molar-refractivity contribution >= 4 is 35.1 Å². The molecule has 1 fully saturated rings. The number of halogens is 1. The molecule has 1 aliphatic rings. The SMILES string of the molecule is Cc1ccc(C(N)=O)cc1Nc1nc(N[C@@H]2CCNC2)nc(-c2cccc(Cl)c2)n1. The second-order valence-corrected chi connectivity index (χ2v) is 7.61. The number of hydrogen-bond acceptors (Lipinski definition) is 7. The van der Waals surface area contributed by atoms with Gasteiger partial charge in [0, 0.05) is 34.4 Å². The number of carbonyl (C=O) groups excluding carboxylic acids is 1. The zero-order valence-electron chi connectivity index (χ0n) is 16.4. The molecule has 9 heteroatoms. The summed E-state index contributed by atoms with van der Waals surface area (Å²) in [5, 5.41) is 10.5. The second kappa shape index (κ2) is 8.64. The molecule has 0 aliphatic carbocycles. The van der Waals surface area contributed by atoms with Crippen LogP contribution < -0.4 is 21.7 Å². The van der Waals surface area contributed by atoms with Crippen LogP contribution in [0.3, 0.4) is 0 Å². The molecule has 5 N–H and O–H groups in total. The van der Waals surface area contributed by atoms with Gasteiger partial charge in [0.2, 0.25) is 17.8 Å². The molecule has 8 nitrogen and oxygen atoms in total. The van der Waals surface area contributed by atoms with E-state index in [1.54, 1.807) is 24.3 Å². The largest absolute Gasteiger partial charge is 0.366 e. The molecular formula is C21H22ClN7O. The van der Waals surface area contributed by atoms with E-state index >= 15 is 0 Å². The lowest BCUT2D eigenvalue weighted by Gasteiger charge is -2.15. The highest BCUT2D eigenvalue weighted by Gasteiger charge is 2.17. The fraction of sp³-hybridized carbons (Fsp3) is 0.238. The van der Waals surface area contributed by atoms with E-state index < -0.39 is 5.91 Å². The van der Waals surface area contributed by atoms with Crippen LogP contribution in [-0.4, -0.2) is 40.0 Å². The molecule has 1 aliphatic heterocycles. The van der Waals surface area contributed by atoms with Gasteiger partial charge in [-0.05, 0) is 49.7 Å². The summed E-state index contributed by atoms with van der Waals surface area (Å²) in [6, 6.07) is 12.8. The van der Waals surface area contributed by atoms with Gasteiger partial charge in [-0.25, -0.2) is 0 Å². The maximum atomic E-state index is 11.6. The van der Waals surface area contributed by atoms with E-state index in [0.29, 0.717) is 34.0 Å². The van der Waals surface area contributed by atoms with Gasteiger partial charge < -0.3 is 21.7 Å². The number of benzene rings is 2. The smallest absolute Gasteiger partial charge is 0.248 e. The van der Waals surface area contributed by atoms with Crippen LogP contribution in [0.4, 0.5) is 17.6 Å². The van der Waals surface area contributed by atoms with E-state index in [9.17, 15) is 4.79 Å². The fourth-order valence-corrected chi connectivity index (χ4v) is 3.43. The third-order valence-corrected chi connectivity index (χ3v) is 5.12. The minimum absolute atomic E-state index is 0.243.